The van der Waals surface area contributed by atoms with E-state index in [1.165, 1.54) is 7.11 Å². The van der Waals surface area contributed by atoms with E-state index in [4.69, 9.17) is 37.8 Å². The van der Waals surface area contributed by atoms with Crippen LogP contribution in [-0.2, 0) is 27.4 Å². The first-order valence-electron chi connectivity index (χ1n) is 16.2. The minimum atomic E-state index is -0.679. The molecule has 2 unspecified atom stereocenters. The number of oxazole rings is 1. The molecule has 14 nitrogen and oxygen atoms in total. The van der Waals surface area contributed by atoms with E-state index in [1.54, 1.807) is 61.6 Å². The summed E-state index contributed by atoms with van der Waals surface area (Å²) >= 11 is 0. The smallest absolute Gasteiger partial charge is 0.407 e. The molecule has 1 aliphatic rings. The first-order valence-corrected chi connectivity index (χ1v) is 16.2. The molecule has 2 atom stereocenters. The average Bonchev–Trinajstić information content (AvgIpc) is 3.55. The Morgan fingerprint density at radius 3 is 2.08 bits per heavy atom. The van der Waals surface area contributed by atoms with Crippen LogP contribution in [-0.4, -0.2) is 82.3 Å². The number of ether oxygens (including phenoxy) is 6. The highest BCUT2D eigenvalue weighted by Crippen LogP contribution is 2.36. The summed E-state index contributed by atoms with van der Waals surface area (Å²) in [5.41, 5.74) is 2.78. The molecular formula is C36H45N5O9. The molecule has 1 N–H and O–H groups in total. The van der Waals surface area contributed by atoms with Gasteiger partial charge in [0.25, 0.3) is 6.01 Å². The highest BCUT2D eigenvalue weighted by Gasteiger charge is 2.38. The second-order valence-electron chi connectivity index (χ2n) is 12.8. The fourth-order valence-corrected chi connectivity index (χ4v) is 5.95. The Balaban J connectivity index is 1.49. The van der Waals surface area contributed by atoms with Gasteiger partial charge >= 0.3 is 12.1 Å². The Hall–Kier alpha value is -5.40. The van der Waals surface area contributed by atoms with Crippen LogP contribution < -0.4 is 34.1 Å². The number of benzene rings is 2. The van der Waals surface area contributed by atoms with Gasteiger partial charge in [0, 0.05) is 42.4 Å². The van der Waals surface area contributed by atoms with Crippen molar-refractivity contribution in [3.05, 3.63) is 59.9 Å². The van der Waals surface area contributed by atoms with Gasteiger partial charge < -0.3 is 48.0 Å². The molecule has 1 fully saturated rings. The first-order chi connectivity index (χ1) is 24.0. The number of piperidine rings is 1. The van der Waals surface area contributed by atoms with Gasteiger partial charge in [-0.25, -0.2) is 4.79 Å². The van der Waals surface area contributed by atoms with Crippen molar-refractivity contribution < 1.29 is 42.4 Å². The number of carbonyl (C=O) groups is 2. The number of hydrogen-bond acceptors (Lipinski definition) is 13. The van der Waals surface area contributed by atoms with Crippen molar-refractivity contribution in [3.63, 3.8) is 0 Å². The number of carbonyl (C=O) groups excluding carboxylic acids is 2. The number of methoxy groups -OCH3 is 5. The van der Waals surface area contributed by atoms with E-state index in [0.29, 0.717) is 71.9 Å². The van der Waals surface area contributed by atoms with Crippen molar-refractivity contribution in [2.75, 3.05) is 58.4 Å². The van der Waals surface area contributed by atoms with Gasteiger partial charge in [-0.1, -0.05) is 0 Å². The minimum Gasteiger partial charge on any atom is -0.497 e. The van der Waals surface area contributed by atoms with Crippen molar-refractivity contribution in [2.45, 2.75) is 51.9 Å². The Kier molecular flexibility index (Phi) is 11.1. The summed E-state index contributed by atoms with van der Waals surface area (Å²) in [6, 6.07) is 11.1. The van der Waals surface area contributed by atoms with Crippen molar-refractivity contribution in [2.24, 2.45) is 5.92 Å². The zero-order chi connectivity index (χ0) is 36.0. The van der Waals surface area contributed by atoms with Crippen molar-refractivity contribution in [3.8, 4) is 23.0 Å². The molecule has 0 aliphatic carbocycles. The van der Waals surface area contributed by atoms with Crippen LogP contribution in [0.4, 0.5) is 16.5 Å². The van der Waals surface area contributed by atoms with Crippen LogP contribution in [0.15, 0.2) is 53.2 Å². The summed E-state index contributed by atoms with van der Waals surface area (Å²) < 4.78 is 39.4. The third-order valence-corrected chi connectivity index (χ3v) is 8.41. The lowest BCUT2D eigenvalue weighted by Gasteiger charge is -2.38. The number of amides is 1. The number of nitrogens with one attached hydrogen (secondary N) is 1. The predicted octanol–water partition coefficient (Wildman–Crippen LogP) is 5.36. The quantitative estimate of drug-likeness (QED) is 0.191. The van der Waals surface area contributed by atoms with Gasteiger partial charge in [0.05, 0.1) is 67.0 Å². The van der Waals surface area contributed by atoms with Crippen LogP contribution in [0.3, 0.4) is 0 Å². The average molecular weight is 692 g/mol. The van der Waals surface area contributed by atoms with Gasteiger partial charge in [0.2, 0.25) is 0 Å². The lowest BCUT2D eigenvalue weighted by Crippen LogP contribution is -2.54. The normalized spacial score (nSPS) is 16.0. The minimum absolute atomic E-state index is 0.250. The van der Waals surface area contributed by atoms with Gasteiger partial charge in [-0.15, -0.1) is 0 Å². The summed E-state index contributed by atoms with van der Waals surface area (Å²) in [6.45, 7) is 6.84. The van der Waals surface area contributed by atoms with E-state index in [1.807, 2.05) is 46.2 Å². The zero-order valence-electron chi connectivity index (χ0n) is 29.8. The molecule has 2 aromatic carbocycles. The molecule has 4 aromatic rings. The van der Waals surface area contributed by atoms with E-state index >= 15 is 0 Å². The van der Waals surface area contributed by atoms with Crippen molar-refractivity contribution in [1.29, 1.82) is 0 Å². The maximum Gasteiger partial charge on any atom is 0.407 e. The molecular weight excluding hydrogens is 646 g/mol. The Morgan fingerprint density at radius 1 is 0.920 bits per heavy atom. The molecule has 1 aliphatic heterocycles. The number of fused-ring (bicyclic) bond motifs is 1. The van der Waals surface area contributed by atoms with Crippen molar-refractivity contribution in [1.82, 2.24) is 15.3 Å². The standard InChI is InChI=1S/C36H45N5O9/c1-36(2,3)50-35(43)39-27-13-14-40(21-26(27)33(42)48-8)29-18-37-17-28-32(29)49-34(38-28)41(19-22-9-11-24(44-4)15-30(22)46-6)20-23-10-12-25(45-5)16-31(23)47-7/h9-12,15-18,26-27H,13-14,19-21H2,1-8H3,(H,39,43). The second kappa shape index (κ2) is 15.4. The van der Waals surface area contributed by atoms with Gasteiger partial charge in [-0.3, -0.25) is 9.78 Å². The topological polar surface area (TPSA) is 147 Å². The van der Waals surface area contributed by atoms with Crippen LogP contribution in [0.5, 0.6) is 23.0 Å². The zero-order valence-corrected chi connectivity index (χ0v) is 29.8. The maximum atomic E-state index is 13.0. The second-order valence-corrected chi connectivity index (χ2v) is 12.8. The molecule has 1 saturated heterocycles. The molecule has 0 bridgehead atoms. The number of anilines is 2. The van der Waals surface area contributed by atoms with Gasteiger partial charge in [0.1, 0.15) is 39.8 Å². The molecule has 1 amide bonds. The molecule has 0 radical (unpaired) electrons. The summed E-state index contributed by atoms with van der Waals surface area (Å²) in [5, 5.41) is 2.87. The number of nitrogens with zero attached hydrogens (tertiary/aromatic N) is 4. The van der Waals surface area contributed by atoms with E-state index < -0.39 is 29.6 Å². The third kappa shape index (κ3) is 8.24. The van der Waals surface area contributed by atoms with Gasteiger partial charge in [-0.05, 0) is 51.5 Å². The largest absolute Gasteiger partial charge is 0.497 e. The monoisotopic (exact) mass is 691 g/mol. The Bertz CT molecular complexity index is 1750. The summed E-state index contributed by atoms with van der Waals surface area (Å²) in [5.74, 6) is 1.52. The van der Waals surface area contributed by atoms with E-state index in [9.17, 15) is 9.59 Å². The SMILES string of the molecule is COC(=O)C1CN(c2cncc3nc(N(Cc4ccc(OC)cc4OC)Cc4ccc(OC)cc4OC)oc23)CCC1NC(=O)OC(C)(C)C. The maximum absolute atomic E-state index is 13.0. The van der Waals surface area contributed by atoms with Gasteiger partial charge in [-0.2, -0.15) is 4.98 Å². The van der Waals surface area contributed by atoms with E-state index in [2.05, 4.69) is 10.3 Å². The number of alkyl carbamates (subject to hydrolysis) is 1. The number of rotatable bonds is 12. The van der Waals surface area contributed by atoms with Crippen LogP contribution >= 0.6 is 0 Å². The lowest BCUT2D eigenvalue weighted by atomic mass is 9.91. The summed E-state index contributed by atoms with van der Waals surface area (Å²) in [4.78, 5) is 38.9. The lowest BCUT2D eigenvalue weighted by molar-refractivity contribution is -0.146. The molecule has 5 rings (SSSR count). The Morgan fingerprint density at radius 2 is 1.54 bits per heavy atom. The molecule has 268 valence electrons. The molecule has 14 heteroatoms. The van der Waals surface area contributed by atoms with Crippen molar-refractivity contribution >= 4 is 34.9 Å². The van der Waals surface area contributed by atoms with Crippen LogP contribution in [0.25, 0.3) is 11.1 Å². The number of pyridine rings is 1. The van der Waals surface area contributed by atoms with E-state index in [-0.39, 0.29) is 6.54 Å². The molecule has 2 aromatic heterocycles. The molecule has 50 heavy (non-hydrogen) atoms. The summed E-state index contributed by atoms with van der Waals surface area (Å²) in [6.07, 6.45) is 3.20. The first kappa shape index (κ1) is 35.9. The third-order valence-electron chi connectivity index (χ3n) is 8.41. The van der Waals surface area contributed by atoms with Crippen LogP contribution in [0.1, 0.15) is 38.3 Å². The highest BCUT2D eigenvalue weighted by atomic mass is 16.6. The van der Waals surface area contributed by atoms with E-state index in [0.717, 1.165) is 11.1 Å². The van der Waals surface area contributed by atoms with Crippen LogP contribution in [0.2, 0.25) is 0 Å². The molecule has 0 saturated carbocycles. The number of esters is 1. The fraction of sp³-hybridized carbons (Fsp3) is 0.444. The number of aromatic nitrogens is 2. The highest BCUT2D eigenvalue weighted by molar-refractivity contribution is 5.87. The predicted molar refractivity (Wildman–Crippen MR) is 186 cm³/mol. The number of hydrogen-bond donors (Lipinski definition) is 1. The fourth-order valence-electron chi connectivity index (χ4n) is 5.95. The molecule has 3 heterocycles. The van der Waals surface area contributed by atoms with Crippen LogP contribution in [0, 0.1) is 5.92 Å². The molecule has 0 spiro atoms. The Labute approximate surface area is 291 Å². The van der Waals surface area contributed by atoms with Gasteiger partial charge in [0.15, 0.2) is 5.58 Å². The summed E-state index contributed by atoms with van der Waals surface area (Å²) in [7, 11) is 7.77.